The van der Waals surface area contributed by atoms with E-state index in [0.717, 1.165) is 34.1 Å². The van der Waals surface area contributed by atoms with Crippen molar-refractivity contribution in [2.45, 2.75) is 19.5 Å². The predicted octanol–water partition coefficient (Wildman–Crippen LogP) is 3.69. The lowest BCUT2D eigenvalue weighted by Crippen LogP contribution is -2.05. The zero-order valence-electron chi connectivity index (χ0n) is 16.0. The number of hydrogen-bond donors (Lipinski definition) is 0. The van der Waals surface area contributed by atoms with Crippen LogP contribution in [0, 0.1) is 0 Å². The maximum absolute atomic E-state index is 15.4. The Kier molecular flexibility index (Phi) is 4.04. The van der Waals surface area contributed by atoms with Gasteiger partial charge in [0.25, 0.3) is 0 Å². The molecule has 0 bridgehead atoms. The summed E-state index contributed by atoms with van der Waals surface area (Å²) in [7, 11) is 1.87. The second kappa shape index (κ2) is 6.73. The molecule has 0 aliphatic heterocycles. The number of pyridine rings is 1. The van der Waals surface area contributed by atoms with Gasteiger partial charge in [0.2, 0.25) is 0 Å². The fourth-order valence-electron chi connectivity index (χ4n) is 3.37. The molecule has 8 heteroatoms. The van der Waals surface area contributed by atoms with Crippen molar-refractivity contribution in [1.29, 1.82) is 0 Å². The maximum Gasteiger partial charge on any atom is 0.193 e. The van der Waals surface area contributed by atoms with Crippen molar-refractivity contribution in [3.05, 3.63) is 72.1 Å². The molecule has 5 rings (SSSR count). The number of hydrogen-bond acceptors (Lipinski definition) is 5. The van der Waals surface area contributed by atoms with E-state index in [4.69, 9.17) is 0 Å². The first kappa shape index (κ1) is 17.4. The number of benzene rings is 1. The first-order valence-corrected chi connectivity index (χ1v) is 9.36. The van der Waals surface area contributed by atoms with Crippen molar-refractivity contribution in [1.82, 2.24) is 34.6 Å². The van der Waals surface area contributed by atoms with Crippen LogP contribution in [0.25, 0.3) is 27.7 Å². The van der Waals surface area contributed by atoms with Crippen LogP contribution in [0.4, 0.5) is 4.39 Å². The normalized spacial score (nSPS) is 12.7. The molecule has 29 heavy (non-hydrogen) atoms. The summed E-state index contributed by atoms with van der Waals surface area (Å²) in [5.74, 6) is 0.172. The van der Waals surface area contributed by atoms with E-state index in [-0.39, 0.29) is 5.82 Å². The second-order valence-electron chi connectivity index (χ2n) is 6.95. The second-order valence-corrected chi connectivity index (χ2v) is 6.95. The summed E-state index contributed by atoms with van der Waals surface area (Å²) < 4.78 is 18.6. The van der Waals surface area contributed by atoms with Gasteiger partial charge in [-0.2, -0.15) is 14.7 Å². The maximum atomic E-state index is 15.4. The Balaban J connectivity index is 1.57. The number of aryl methyl sites for hydroxylation is 2. The Morgan fingerprint density at radius 1 is 1.03 bits per heavy atom. The van der Waals surface area contributed by atoms with E-state index in [2.05, 4.69) is 25.4 Å². The fraction of sp³-hybridized carbons (Fsp3) is 0.190. The van der Waals surface area contributed by atoms with E-state index in [1.54, 1.807) is 35.3 Å². The fourth-order valence-corrected chi connectivity index (χ4v) is 3.37. The molecule has 0 N–H and O–H groups in total. The Morgan fingerprint density at radius 2 is 1.93 bits per heavy atom. The van der Waals surface area contributed by atoms with Gasteiger partial charge in [-0.15, -0.1) is 10.2 Å². The molecule has 4 heterocycles. The van der Waals surface area contributed by atoms with Crippen molar-refractivity contribution >= 4 is 16.6 Å². The lowest BCUT2D eigenvalue weighted by atomic mass is 10.0. The number of halogens is 1. The van der Waals surface area contributed by atoms with Crippen LogP contribution in [0.5, 0.6) is 0 Å². The number of fused-ring (bicyclic) bond motifs is 2. The molecule has 0 amide bonds. The smallest absolute Gasteiger partial charge is 0.193 e. The molecule has 1 atom stereocenters. The van der Waals surface area contributed by atoms with Gasteiger partial charge in [-0.1, -0.05) is 13.0 Å². The zero-order valence-corrected chi connectivity index (χ0v) is 16.0. The Bertz CT molecular complexity index is 1340. The third kappa shape index (κ3) is 3.02. The van der Waals surface area contributed by atoms with E-state index < -0.39 is 6.17 Å². The molecule has 0 saturated carbocycles. The molecule has 7 nitrogen and oxygen atoms in total. The molecule has 1 aromatic carbocycles. The van der Waals surface area contributed by atoms with Crippen LogP contribution in [-0.4, -0.2) is 34.6 Å². The van der Waals surface area contributed by atoms with Crippen LogP contribution >= 0.6 is 0 Å². The van der Waals surface area contributed by atoms with Crippen molar-refractivity contribution in [2.24, 2.45) is 7.05 Å². The summed E-state index contributed by atoms with van der Waals surface area (Å²) in [6.07, 6.45) is 4.81. The van der Waals surface area contributed by atoms with Gasteiger partial charge in [-0.25, -0.2) is 4.39 Å². The van der Waals surface area contributed by atoms with Crippen molar-refractivity contribution < 1.29 is 4.39 Å². The molecule has 5 aromatic rings. The summed E-state index contributed by atoms with van der Waals surface area (Å²) in [5.41, 5.74) is 4.56. The minimum absolute atomic E-state index is 0.172. The average Bonchev–Trinajstić information content (AvgIpc) is 3.38. The van der Waals surface area contributed by atoms with Gasteiger partial charge in [-0.3, -0.25) is 9.67 Å². The number of nitrogens with zero attached hydrogens (tertiary/aromatic N) is 7. The lowest BCUT2D eigenvalue weighted by Gasteiger charge is -2.09. The molecular weight excluding hydrogens is 369 g/mol. The highest BCUT2D eigenvalue weighted by atomic mass is 19.1. The lowest BCUT2D eigenvalue weighted by molar-refractivity contribution is 0.377. The Labute approximate surface area is 165 Å². The van der Waals surface area contributed by atoms with Crippen molar-refractivity contribution in [3.63, 3.8) is 0 Å². The number of aromatic nitrogens is 7. The van der Waals surface area contributed by atoms with Gasteiger partial charge in [0.05, 0.1) is 17.4 Å². The molecule has 0 aliphatic rings. The topological polar surface area (TPSA) is 73.8 Å². The van der Waals surface area contributed by atoms with Crippen LogP contribution in [-0.2, 0) is 13.5 Å². The number of alkyl halides is 1. The summed E-state index contributed by atoms with van der Waals surface area (Å²) in [6.45, 7) is 2.00. The standard InChI is InChI=1S/C21H18FN7/c1-3-17-5-7-19-25-26-21(29(19)27-17)20(22)13-4-6-18-14(8-13)9-15(10-23-18)16-11-24-28(2)12-16/h4-12,20H,3H2,1-2H3. The molecule has 144 valence electrons. The van der Waals surface area contributed by atoms with E-state index >= 15 is 4.39 Å². The van der Waals surface area contributed by atoms with Gasteiger partial charge in [0.15, 0.2) is 17.6 Å². The molecule has 0 radical (unpaired) electrons. The summed E-state index contributed by atoms with van der Waals surface area (Å²) in [6, 6.07) is 11.0. The van der Waals surface area contributed by atoms with Gasteiger partial charge in [-0.05, 0) is 42.3 Å². The minimum atomic E-state index is -1.45. The van der Waals surface area contributed by atoms with E-state index in [0.29, 0.717) is 11.2 Å². The Morgan fingerprint density at radius 3 is 2.72 bits per heavy atom. The molecule has 0 aliphatic carbocycles. The highest BCUT2D eigenvalue weighted by Gasteiger charge is 2.21. The van der Waals surface area contributed by atoms with Gasteiger partial charge in [0.1, 0.15) is 0 Å². The highest BCUT2D eigenvalue weighted by molar-refractivity contribution is 5.84. The molecular formula is C21H18FN7. The molecule has 1 unspecified atom stereocenters. The van der Waals surface area contributed by atoms with E-state index in [1.165, 1.54) is 4.52 Å². The largest absolute Gasteiger partial charge is 0.275 e. The van der Waals surface area contributed by atoms with Crippen molar-refractivity contribution in [3.8, 4) is 11.1 Å². The van der Waals surface area contributed by atoms with Gasteiger partial charge in [0, 0.05) is 36.0 Å². The molecule has 4 aromatic heterocycles. The minimum Gasteiger partial charge on any atom is -0.275 e. The van der Waals surface area contributed by atoms with Crippen LogP contribution in [0.15, 0.2) is 55.0 Å². The molecule has 0 spiro atoms. The molecule has 0 saturated heterocycles. The quantitative estimate of drug-likeness (QED) is 0.470. The van der Waals surface area contributed by atoms with Crippen LogP contribution < -0.4 is 0 Å². The summed E-state index contributed by atoms with van der Waals surface area (Å²) >= 11 is 0. The van der Waals surface area contributed by atoms with E-state index in [1.807, 2.05) is 38.4 Å². The Hall–Kier alpha value is -3.68. The highest BCUT2D eigenvalue weighted by Crippen LogP contribution is 2.29. The van der Waals surface area contributed by atoms with Crippen LogP contribution in [0.3, 0.4) is 0 Å². The van der Waals surface area contributed by atoms with Gasteiger partial charge >= 0.3 is 0 Å². The third-order valence-corrected chi connectivity index (χ3v) is 4.97. The number of rotatable bonds is 4. The average molecular weight is 387 g/mol. The SMILES string of the molecule is CCc1ccc2nnc(C(F)c3ccc4ncc(-c5cnn(C)c5)cc4c3)n2n1. The van der Waals surface area contributed by atoms with Crippen LogP contribution in [0.1, 0.15) is 30.2 Å². The molecule has 0 fully saturated rings. The third-order valence-electron chi connectivity index (χ3n) is 4.97. The monoisotopic (exact) mass is 387 g/mol. The van der Waals surface area contributed by atoms with Crippen LogP contribution in [0.2, 0.25) is 0 Å². The van der Waals surface area contributed by atoms with Gasteiger partial charge < -0.3 is 0 Å². The first-order chi connectivity index (χ1) is 14.1. The zero-order chi connectivity index (χ0) is 20.0. The summed E-state index contributed by atoms with van der Waals surface area (Å²) in [4.78, 5) is 4.50. The van der Waals surface area contributed by atoms with E-state index in [9.17, 15) is 0 Å². The predicted molar refractivity (Wildman–Crippen MR) is 107 cm³/mol. The summed E-state index contributed by atoms with van der Waals surface area (Å²) in [5, 5.41) is 17.6. The van der Waals surface area contributed by atoms with Crippen molar-refractivity contribution in [2.75, 3.05) is 0 Å². The first-order valence-electron chi connectivity index (χ1n) is 9.36.